The molecule has 5 nitrogen and oxygen atoms in total. The van der Waals surface area contributed by atoms with Gasteiger partial charge in [0.1, 0.15) is 0 Å². The van der Waals surface area contributed by atoms with Gasteiger partial charge in [0.15, 0.2) is 0 Å². The van der Waals surface area contributed by atoms with Crippen molar-refractivity contribution >= 4 is 0 Å². The van der Waals surface area contributed by atoms with Crippen molar-refractivity contribution in [3.63, 3.8) is 0 Å². The van der Waals surface area contributed by atoms with Crippen LogP contribution in [0.15, 0.2) is 9.59 Å². The standard InChI is InChI=1S/C6H11N3O2/c1-3-8-5(10)7-6(11)9(8)4-2/h3-4H2,1-2H3,(H,7,10,11). The lowest BCUT2D eigenvalue weighted by Crippen LogP contribution is -2.25. The molecule has 1 N–H and O–H groups in total. The number of hydrogen-bond acceptors (Lipinski definition) is 2. The molecule has 0 radical (unpaired) electrons. The first kappa shape index (κ1) is 7.84. The molecule has 0 atom stereocenters. The molecule has 0 saturated heterocycles. The summed E-state index contributed by atoms with van der Waals surface area (Å²) in [4.78, 5) is 24.1. The molecule has 1 aromatic rings. The summed E-state index contributed by atoms with van der Waals surface area (Å²) in [6.07, 6.45) is 0. The van der Waals surface area contributed by atoms with Crippen LogP contribution in [0.3, 0.4) is 0 Å². The molecule has 0 spiro atoms. The molecule has 0 unspecified atom stereocenters. The van der Waals surface area contributed by atoms with Crippen molar-refractivity contribution in [1.29, 1.82) is 0 Å². The highest BCUT2D eigenvalue weighted by molar-refractivity contribution is 4.66. The third-order valence-corrected chi connectivity index (χ3v) is 1.57. The van der Waals surface area contributed by atoms with Crippen molar-refractivity contribution in [3.8, 4) is 0 Å². The molecule has 62 valence electrons. The van der Waals surface area contributed by atoms with Crippen molar-refractivity contribution in [3.05, 3.63) is 21.0 Å². The summed E-state index contributed by atoms with van der Waals surface area (Å²) in [5.74, 6) is 0. The van der Waals surface area contributed by atoms with E-state index < -0.39 is 0 Å². The molecule has 1 aromatic heterocycles. The smallest absolute Gasteiger partial charge is 0.257 e. The van der Waals surface area contributed by atoms with Crippen molar-refractivity contribution in [2.24, 2.45) is 0 Å². The lowest BCUT2D eigenvalue weighted by atomic mass is 10.7. The molecule has 5 heteroatoms. The Morgan fingerprint density at radius 1 is 1.09 bits per heavy atom. The van der Waals surface area contributed by atoms with E-state index in [1.807, 2.05) is 13.8 Å². The number of rotatable bonds is 2. The van der Waals surface area contributed by atoms with Crippen molar-refractivity contribution in [2.75, 3.05) is 0 Å². The summed E-state index contributed by atoms with van der Waals surface area (Å²) in [5.41, 5.74) is -0.668. The van der Waals surface area contributed by atoms with E-state index in [9.17, 15) is 9.59 Å². The summed E-state index contributed by atoms with van der Waals surface area (Å²) < 4.78 is 2.75. The average Bonchev–Trinajstić information content (AvgIpc) is 2.24. The number of nitrogens with one attached hydrogen (secondary N) is 1. The van der Waals surface area contributed by atoms with Gasteiger partial charge in [0.25, 0.3) is 0 Å². The lowest BCUT2D eigenvalue weighted by molar-refractivity contribution is 0.466. The first-order valence-electron chi connectivity index (χ1n) is 3.60. The van der Waals surface area contributed by atoms with E-state index in [4.69, 9.17) is 0 Å². The van der Waals surface area contributed by atoms with Crippen LogP contribution in [0.4, 0.5) is 0 Å². The SMILES string of the molecule is CCn1c(=O)[nH]c(=O)n1CC. The van der Waals surface area contributed by atoms with E-state index in [-0.39, 0.29) is 11.4 Å². The molecule has 0 fully saturated rings. The maximum Gasteiger partial charge on any atom is 0.344 e. The fourth-order valence-electron chi connectivity index (χ4n) is 1.07. The number of hydrogen-bond donors (Lipinski definition) is 1. The first-order chi connectivity index (χ1) is 5.20. The Kier molecular flexibility index (Phi) is 1.98. The molecule has 0 aromatic carbocycles. The van der Waals surface area contributed by atoms with Gasteiger partial charge in [-0.15, -0.1) is 0 Å². The zero-order chi connectivity index (χ0) is 8.43. The van der Waals surface area contributed by atoms with E-state index in [2.05, 4.69) is 4.98 Å². The molecular weight excluding hydrogens is 146 g/mol. The van der Waals surface area contributed by atoms with Crippen LogP contribution in [0, 0.1) is 0 Å². The number of H-pyrrole nitrogens is 1. The zero-order valence-corrected chi connectivity index (χ0v) is 6.63. The summed E-state index contributed by atoms with van der Waals surface area (Å²) in [6, 6.07) is 0. The Hall–Kier alpha value is -1.26. The summed E-state index contributed by atoms with van der Waals surface area (Å²) >= 11 is 0. The molecule has 11 heavy (non-hydrogen) atoms. The van der Waals surface area contributed by atoms with Gasteiger partial charge in [-0.25, -0.2) is 19.0 Å². The van der Waals surface area contributed by atoms with Gasteiger partial charge in [0.2, 0.25) is 0 Å². The highest BCUT2D eigenvalue weighted by atomic mass is 16.2. The summed E-state index contributed by atoms with van der Waals surface area (Å²) in [5, 5.41) is 0. The molecule has 1 rings (SSSR count). The summed E-state index contributed by atoms with van der Waals surface area (Å²) in [7, 11) is 0. The predicted octanol–water partition coefficient (Wildman–Crippen LogP) is -0.622. The van der Waals surface area contributed by atoms with E-state index in [0.717, 1.165) is 0 Å². The first-order valence-corrected chi connectivity index (χ1v) is 3.60. The topological polar surface area (TPSA) is 59.8 Å². The van der Waals surface area contributed by atoms with Gasteiger partial charge in [0.05, 0.1) is 0 Å². The minimum atomic E-state index is -0.334. The van der Waals surface area contributed by atoms with Gasteiger partial charge >= 0.3 is 11.4 Å². The maximum absolute atomic E-state index is 10.9. The van der Waals surface area contributed by atoms with Gasteiger partial charge in [-0.3, -0.25) is 4.98 Å². The minimum Gasteiger partial charge on any atom is -0.257 e. The monoisotopic (exact) mass is 157 g/mol. The van der Waals surface area contributed by atoms with Crippen molar-refractivity contribution in [2.45, 2.75) is 26.9 Å². The van der Waals surface area contributed by atoms with Crippen LogP contribution in [0.25, 0.3) is 0 Å². The molecule has 0 aliphatic rings. The number of nitrogens with zero attached hydrogens (tertiary/aromatic N) is 2. The van der Waals surface area contributed by atoms with Crippen LogP contribution in [-0.2, 0) is 13.1 Å². The van der Waals surface area contributed by atoms with E-state index in [1.54, 1.807) is 0 Å². The number of aromatic amines is 1. The largest absolute Gasteiger partial charge is 0.344 e. The second-order valence-corrected chi connectivity index (χ2v) is 2.17. The molecule has 1 heterocycles. The average molecular weight is 157 g/mol. The van der Waals surface area contributed by atoms with Gasteiger partial charge in [-0.2, -0.15) is 0 Å². The van der Waals surface area contributed by atoms with E-state index in [1.165, 1.54) is 9.36 Å². The Morgan fingerprint density at radius 2 is 1.45 bits per heavy atom. The Bertz CT molecular complexity index is 311. The zero-order valence-electron chi connectivity index (χ0n) is 6.63. The Labute approximate surface area is 63.3 Å². The Morgan fingerprint density at radius 3 is 1.73 bits per heavy atom. The molecule has 0 bridgehead atoms. The van der Waals surface area contributed by atoms with Gasteiger partial charge in [-0.05, 0) is 13.8 Å². The maximum atomic E-state index is 10.9. The Balaban J connectivity index is 3.41. The van der Waals surface area contributed by atoms with Gasteiger partial charge in [0, 0.05) is 13.1 Å². The van der Waals surface area contributed by atoms with Crippen molar-refractivity contribution < 1.29 is 0 Å². The highest BCUT2D eigenvalue weighted by Crippen LogP contribution is 1.76. The third kappa shape index (κ3) is 1.13. The second kappa shape index (κ2) is 2.77. The fourth-order valence-corrected chi connectivity index (χ4v) is 1.07. The normalized spacial score (nSPS) is 10.4. The van der Waals surface area contributed by atoms with Gasteiger partial charge < -0.3 is 0 Å². The quantitative estimate of drug-likeness (QED) is 0.621. The van der Waals surface area contributed by atoms with E-state index >= 15 is 0 Å². The van der Waals surface area contributed by atoms with Gasteiger partial charge in [-0.1, -0.05) is 0 Å². The second-order valence-electron chi connectivity index (χ2n) is 2.17. The predicted molar refractivity (Wildman–Crippen MR) is 40.7 cm³/mol. The molecule has 0 aliphatic heterocycles. The van der Waals surface area contributed by atoms with Crippen LogP contribution < -0.4 is 11.4 Å². The minimum absolute atomic E-state index is 0.334. The van der Waals surface area contributed by atoms with Crippen molar-refractivity contribution in [1.82, 2.24) is 14.3 Å². The van der Waals surface area contributed by atoms with Crippen LogP contribution in [-0.4, -0.2) is 14.3 Å². The summed E-state index contributed by atoms with van der Waals surface area (Å²) in [6.45, 7) is 4.68. The third-order valence-electron chi connectivity index (χ3n) is 1.57. The van der Waals surface area contributed by atoms with Crippen LogP contribution in [0.1, 0.15) is 13.8 Å². The van der Waals surface area contributed by atoms with Crippen LogP contribution in [0.5, 0.6) is 0 Å². The molecular formula is C6H11N3O2. The van der Waals surface area contributed by atoms with Crippen LogP contribution >= 0.6 is 0 Å². The number of aromatic nitrogens is 3. The fraction of sp³-hybridized carbons (Fsp3) is 0.667. The molecule has 0 aliphatic carbocycles. The lowest BCUT2D eigenvalue weighted by Gasteiger charge is -2.01. The highest BCUT2D eigenvalue weighted by Gasteiger charge is 2.03. The van der Waals surface area contributed by atoms with E-state index in [0.29, 0.717) is 13.1 Å². The molecule has 0 amide bonds. The van der Waals surface area contributed by atoms with Crippen LogP contribution in [0.2, 0.25) is 0 Å². The molecule has 0 saturated carbocycles.